The highest BCUT2D eigenvalue weighted by Crippen LogP contribution is 2.27. The molecule has 2 heterocycles. The van der Waals surface area contributed by atoms with Crippen LogP contribution in [0.3, 0.4) is 0 Å². The van der Waals surface area contributed by atoms with Crippen LogP contribution >= 0.6 is 48.8 Å². The van der Waals surface area contributed by atoms with E-state index in [1.807, 2.05) is 48.6 Å². The molecule has 1 saturated carbocycles. The normalized spacial score (nSPS) is 18.2. The van der Waals surface area contributed by atoms with Gasteiger partial charge >= 0.3 is 0 Å². The maximum absolute atomic E-state index is 6.21. The van der Waals surface area contributed by atoms with Crippen LogP contribution in [-0.2, 0) is 0 Å². The Labute approximate surface area is 200 Å². The molecular weight excluding hydrogens is 464 g/mol. The topological polar surface area (TPSA) is 76.7 Å². The molecular formula is C21H25Cl4N5. The van der Waals surface area contributed by atoms with Crippen molar-refractivity contribution in [3.63, 3.8) is 0 Å². The Bertz CT molecular complexity index is 960. The number of hydrogen-bond donors (Lipinski definition) is 2. The highest BCUT2D eigenvalue weighted by molar-refractivity contribution is 6.31. The van der Waals surface area contributed by atoms with Gasteiger partial charge in [-0.05, 0) is 68.2 Å². The fourth-order valence-electron chi connectivity index (χ4n) is 3.39. The summed E-state index contributed by atoms with van der Waals surface area (Å²) in [6.07, 6.45) is 9.74. The molecule has 2 aromatic heterocycles. The average Bonchev–Trinajstić information content (AvgIpc) is 2.69. The zero-order valence-electron chi connectivity index (χ0n) is 16.2. The SMILES string of the molecule is Cl.Cl.Cl.N[C@H]1CC[C@@H](Nc2nc(C=Cc3ccccn3)nc3ccc(Cl)cc23)CC1. The monoisotopic (exact) mass is 487 g/mol. The molecule has 1 fully saturated rings. The van der Waals surface area contributed by atoms with Gasteiger partial charge in [-0.1, -0.05) is 17.7 Å². The molecule has 0 aliphatic heterocycles. The van der Waals surface area contributed by atoms with Crippen molar-refractivity contribution < 1.29 is 0 Å². The Hall–Kier alpha value is -1.63. The zero-order valence-corrected chi connectivity index (χ0v) is 19.4. The van der Waals surface area contributed by atoms with Gasteiger partial charge in [-0.25, -0.2) is 9.97 Å². The molecule has 30 heavy (non-hydrogen) atoms. The highest BCUT2D eigenvalue weighted by Gasteiger charge is 2.20. The lowest BCUT2D eigenvalue weighted by Gasteiger charge is -2.27. The summed E-state index contributed by atoms with van der Waals surface area (Å²) in [5, 5.41) is 5.21. The van der Waals surface area contributed by atoms with Gasteiger partial charge in [0, 0.05) is 28.7 Å². The molecule has 4 rings (SSSR count). The summed E-state index contributed by atoms with van der Waals surface area (Å²) >= 11 is 6.21. The van der Waals surface area contributed by atoms with Crippen molar-refractivity contribution in [1.82, 2.24) is 15.0 Å². The molecule has 0 atom stereocenters. The van der Waals surface area contributed by atoms with E-state index in [2.05, 4.69) is 15.3 Å². The number of nitrogens with two attached hydrogens (primary N) is 1. The molecule has 3 N–H and O–H groups in total. The summed E-state index contributed by atoms with van der Waals surface area (Å²) in [6, 6.07) is 12.2. The number of nitrogens with zero attached hydrogens (tertiary/aromatic N) is 3. The van der Waals surface area contributed by atoms with Crippen molar-refractivity contribution in [2.24, 2.45) is 5.73 Å². The van der Waals surface area contributed by atoms with Gasteiger partial charge < -0.3 is 11.1 Å². The lowest BCUT2D eigenvalue weighted by Crippen LogP contribution is -2.33. The molecule has 5 nitrogen and oxygen atoms in total. The van der Waals surface area contributed by atoms with Crippen LogP contribution in [0, 0.1) is 0 Å². The van der Waals surface area contributed by atoms with Crippen LogP contribution in [0.15, 0.2) is 42.6 Å². The fourth-order valence-corrected chi connectivity index (χ4v) is 3.57. The Kier molecular flexibility index (Phi) is 10.8. The Balaban J connectivity index is 0.00000150. The second-order valence-corrected chi connectivity index (χ2v) is 7.37. The largest absolute Gasteiger partial charge is 0.367 e. The summed E-state index contributed by atoms with van der Waals surface area (Å²) in [6.45, 7) is 0. The Morgan fingerprint density at radius 2 is 1.73 bits per heavy atom. The maximum atomic E-state index is 6.21. The van der Waals surface area contributed by atoms with Crippen LogP contribution < -0.4 is 11.1 Å². The fraction of sp³-hybridized carbons (Fsp3) is 0.286. The third-order valence-electron chi connectivity index (χ3n) is 4.88. The van der Waals surface area contributed by atoms with Crippen molar-refractivity contribution in [3.8, 4) is 0 Å². The van der Waals surface area contributed by atoms with Gasteiger partial charge in [0.05, 0.1) is 11.2 Å². The lowest BCUT2D eigenvalue weighted by atomic mass is 9.92. The third kappa shape index (κ3) is 6.69. The average molecular weight is 489 g/mol. The first kappa shape index (κ1) is 26.4. The van der Waals surface area contributed by atoms with Crippen LogP contribution in [0.25, 0.3) is 23.1 Å². The summed E-state index contributed by atoms with van der Waals surface area (Å²) in [5.74, 6) is 1.47. The lowest BCUT2D eigenvalue weighted by molar-refractivity contribution is 0.410. The van der Waals surface area contributed by atoms with Gasteiger partial charge in [-0.15, -0.1) is 37.2 Å². The smallest absolute Gasteiger partial charge is 0.155 e. The van der Waals surface area contributed by atoms with E-state index in [-0.39, 0.29) is 37.2 Å². The van der Waals surface area contributed by atoms with Crippen LogP contribution in [0.5, 0.6) is 0 Å². The number of hydrogen-bond acceptors (Lipinski definition) is 5. The van der Waals surface area contributed by atoms with E-state index in [4.69, 9.17) is 22.3 Å². The minimum Gasteiger partial charge on any atom is -0.367 e. The number of anilines is 1. The second kappa shape index (κ2) is 12.3. The van der Waals surface area contributed by atoms with Gasteiger partial charge in [0.15, 0.2) is 5.82 Å². The first-order valence-electron chi connectivity index (χ1n) is 9.26. The molecule has 1 aliphatic rings. The molecule has 9 heteroatoms. The Morgan fingerprint density at radius 3 is 2.43 bits per heavy atom. The minimum absolute atomic E-state index is 0. The van der Waals surface area contributed by atoms with Crippen molar-refractivity contribution in [2.45, 2.75) is 37.8 Å². The second-order valence-electron chi connectivity index (χ2n) is 6.94. The van der Waals surface area contributed by atoms with E-state index in [9.17, 15) is 0 Å². The van der Waals surface area contributed by atoms with Gasteiger partial charge in [0.1, 0.15) is 5.82 Å². The van der Waals surface area contributed by atoms with Crippen molar-refractivity contribution in [1.29, 1.82) is 0 Å². The van der Waals surface area contributed by atoms with E-state index in [0.29, 0.717) is 22.9 Å². The van der Waals surface area contributed by atoms with Gasteiger partial charge in [-0.3, -0.25) is 4.98 Å². The Morgan fingerprint density at radius 1 is 0.967 bits per heavy atom. The van der Waals surface area contributed by atoms with Crippen LogP contribution in [0.4, 0.5) is 5.82 Å². The molecule has 1 aromatic carbocycles. The number of benzene rings is 1. The number of pyridine rings is 1. The standard InChI is InChI=1S/C21H22ClN5.3ClH/c22-14-4-10-19-18(13-14)21(25-17-7-5-15(23)6-8-17)27-20(26-19)11-9-16-3-1-2-12-24-16;;;/h1-4,9-13,15,17H,5-8,23H2,(H,25,26,27);3*1H/t15-,17+;;;. The zero-order chi connectivity index (χ0) is 18.6. The number of nitrogens with one attached hydrogen (secondary N) is 1. The van der Waals surface area contributed by atoms with Crippen LogP contribution in [-0.4, -0.2) is 27.0 Å². The number of fused-ring (bicyclic) bond motifs is 1. The summed E-state index contributed by atoms with van der Waals surface area (Å²) in [7, 11) is 0. The first-order chi connectivity index (χ1) is 13.2. The van der Waals surface area contributed by atoms with Gasteiger partial charge in [0.25, 0.3) is 0 Å². The van der Waals surface area contributed by atoms with E-state index >= 15 is 0 Å². The van der Waals surface area contributed by atoms with Crippen LogP contribution in [0.2, 0.25) is 5.02 Å². The molecule has 1 aliphatic carbocycles. The highest BCUT2D eigenvalue weighted by atomic mass is 35.5. The molecule has 0 unspecified atom stereocenters. The van der Waals surface area contributed by atoms with Crippen molar-refractivity contribution >= 4 is 77.7 Å². The third-order valence-corrected chi connectivity index (χ3v) is 5.11. The summed E-state index contributed by atoms with van der Waals surface area (Å²) < 4.78 is 0. The number of rotatable bonds is 4. The van der Waals surface area contributed by atoms with Crippen molar-refractivity contribution in [3.05, 3.63) is 59.1 Å². The molecule has 0 spiro atoms. The molecule has 0 saturated heterocycles. The summed E-state index contributed by atoms with van der Waals surface area (Å²) in [4.78, 5) is 13.7. The van der Waals surface area contributed by atoms with E-state index < -0.39 is 0 Å². The predicted octanol–water partition coefficient (Wildman–Crippen LogP) is 5.80. The quantitative estimate of drug-likeness (QED) is 0.485. The van der Waals surface area contributed by atoms with E-state index in [1.165, 1.54) is 0 Å². The van der Waals surface area contributed by atoms with E-state index in [0.717, 1.165) is 48.1 Å². The molecule has 0 amide bonds. The molecule has 0 bridgehead atoms. The first-order valence-corrected chi connectivity index (χ1v) is 9.64. The number of halogens is 4. The van der Waals surface area contributed by atoms with Crippen molar-refractivity contribution in [2.75, 3.05) is 5.32 Å². The van der Waals surface area contributed by atoms with E-state index in [1.54, 1.807) is 6.20 Å². The molecule has 0 radical (unpaired) electrons. The van der Waals surface area contributed by atoms with Crippen LogP contribution in [0.1, 0.15) is 37.2 Å². The maximum Gasteiger partial charge on any atom is 0.155 e. The summed E-state index contributed by atoms with van der Waals surface area (Å²) in [5.41, 5.74) is 7.77. The van der Waals surface area contributed by atoms with Gasteiger partial charge in [0.2, 0.25) is 0 Å². The molecule has 3 aromatic rings. The molecule has 162 valence electrons. The minimum atomic E-state index is 0. The number of aromatic nitrogens is 3. The van der Waals surface area contributed by atoms with Gasteiger partial charge in [-0.2, -0.15) is 0 Å². The predicted molar refractivity (Wildman–Crippen MR) is 133 cm³/mol.